The van der Waals surface area contributed by atoms with E-state index in [1.54, 1.807) is 24.3 Å². The summed E-state index contributed by atoms with van der Waals surface area (Å²) >= 11 is 0. The zero-order valence-corrected chi connectivity index (χ0v) is 14.5. The molecule has 0 fully saturated rings. The topological polar surface area (TPSA) is 131 Å². The van der Waals surface area contributed by atoms with Crippen LogP contribution in [0.1, 0.15) is 10.4 Å². The molecule has 0 bridgehead atoms. The standard InChI is InChI=1S/C17H15N3O5S/c1-25-15-7-6-10(26(18,23)24)8-14(15)20-17(22)12-9-16(21)19-13-5-3-2-4-11(12)13/h2-9H,1H3,(H,19,21)(H,20,22)(H2,18,23,24). The van der Waals surface area contributed by atoms with Crippen molar-refractivity contribution in [2.24, 2.45) is 5.14 Å². The van der Waals surface area contributed by atoms with Crippen molar-refractivity contribution in [1.82, 2.24) is 4.98 Å². The predicted octanol–water partition coefficient (Wildman–Crippen LogP) is 1.44. The van der Waals surface area contributed by atoms with Gasteiger partial charge in [0, 0.05) is 17.0 Å². The Bertz CT molecular complexity index is 1170. The first-order valence-electron chi connectivity index (χ1n) is 7.44. The van der Waals surface area contributed by atoms with Crippen molar-refractivity contribution in [1.29, 1.82) is 0 Å². The lowest BCUT2D eigenvalue weighted by atomic mass is 10.1. The number of aromatic amines is 1. The van der Waals surface area contributed by atoms with E-state index in [9.17, 15) is 18.0 Å². The Kier molecular flexibility index (Phi) is 4.49. The van der Waals surface area contributed by atoms with Crippen LogP contribution in [0.2, 0.25) is 0 Å². The van der Waals surface area contributed by atoms with Crippen LogP contribution in [-0.2, 0) is 10.0 Å². The van der Waals surface area contributed by atoms with Gasteiger partial charge in [0.15, 0.2) is 0 Å². The lowest BCUT2D eigenvalue weighted by molar-refractivity contribution is 0.102. The number of benzene rings is 2. The summed E-state index contributed by atoms with van der Waals surface area (Å²) in [7, 11) is -2.57. The van der Waals surface area contributed by atoms with Crippen LogP contribution in [0.5, 0.6) is 5.75 Å². The molecule has 1 aromatic heterocycles. The summed E-state index contributed by atoms with van der Waals surface area (Å²) in [6.45, 7) is 0. The van der Waals surface area contributed by atoms with Crippen molar-refractivity contribution in [3.8, 4) is 5.75 Å². The first kappa shape index (κ1) is 17.6. The SMILES string of the molecule is COc1ccc(S(N)(=O)=O)cc1NC(=O)c1cc(=O)[nH]c2ccccc12. The number of hydrogen-bond acceptors (Lipinski definition) is 5. The molecule has 134 valence electrons. The number of primary sulfonamides is 1. The van der Waals surface area contributed by atoms with E-state index in [2.05, 4.69) is 10.3 Å². The summed E-state index contributed by atoms with van der Waals surface area (Å²) in [6.07, 6.45) is 0. The number of fused-ring (bicyclic) bond motifs is 1. The fourth-order valence-corrected chi connectivity index (χ4v) is 3.08. The zero-order valence-electron chi connectivity index (χ0n) is 13.6. The summed E-state index contributed by atoms with van der Waals surface area (Å²) in [5.41, 5.74) is 0.343. The molecule has 0 saturated heterocycles. The molecule has 1 heterocycles. The quantitative estimate of drug-likeness (QED) is 0.637. The average molecular weight is 373 g/mol. The van der Waals surface area contributed by atoms with Crippen LogP contribution in [0.4, 0.5) is 5.69 Å². The minimum Gasteiger partial charge on any atom is -0.495 e. The third kappa shape index (κ3) is 3.44. The van der Waals surface area contributed by atoms with Crippen LogP contribution < -0.4 is 20.8 Å². The number of nitrogens with two attached hydrogens (primary N) is 1. The lowest BCUT2D eigenvalue weighted by Gasteiger charge is -2.12. The number of carbonyl (C=O) groups excluding carboxylic acids is 1. The van der Waals surface area contributed by atoms with E-state index in [0.717, 1.165) is 0 Å². The van der Waals surface area contributed by atoms with Gasteiger partial charge in [-0.05, 0) is 24.3 Å². The number of carbonyl (C=O) groups is 1. The normalized spacial score (nSPS) is 11.3. The van der Waals surface area contributed by atoms with E-state index >= 15 is 0 Å². The number of aromatic nitrogens is 1. The fourth-order valence-electron chi connectivity index (χ4n) is 2.54. The Morgan fingerprint density at radius 1 is 1.15 bits per heavy atom. The van der Waals surface area contributed by atoms with Gasteiger partial charge in [-0.2, -0.15) is 0 Å². The van der Waals surface area contributed by atoms with Crippen molar-refractivity contribution in [2.75, 3.05) is 12.4 Å². The summed E-state index contributed by atoms with van der Waals surface area (Å²) in [5, 5.41) is 8.25. The molecule has 3 rings (SSSR count). The monoisotopic (exact) mass is 373 g/mol. The zero-order chi connectivity index (χ0) is 18.9. The summed E-state index contributed by atoms with van der Waals surface area (Å²) in [5.74, 6) is -0.336. The molecule has 8 nitrogen and oxygen atoms in total. The highest BCUT2D eigenvalue weighted by molar-refractivity contribution is 7.89. The van der Waals surface area contributed by atoms with Gasteiger partial charge in [-0.15, -0.1) is 0 Å². The number of methoxy groups -OCH3 is 1. The number of pyridine rings is 1. The largest absolute Gasteiger partial charge is 0.495 e. The number of amides is 1. The van der Waals surface area contributed by atoms with Gasteiger partial charge in [-0.25, -0.2) is 13.6 Å². The molecule has 26 heavy (non-hydrogen) atoms. The number of H-pyrrole nitrogens is 1. The third-order valence-corrected chi connectivity index (χ3v) is 4.65. The average Bonchev–Trinajstić information content (AvgIpc) is 2.60. The van der Waals surface area contributed by atoms with Crippen LogP contribution in [-0.4, -0.2) is 26.4 Å². The van der Waals surface area contributed by atoms with Crippen LogP contribution in [0.25, 0.3) is 10.9 Å². The minimum absolute atomic E-state index is 0.119. The highest BCUT2D eigenvalue weighted by Gasteiger charge is 2.17. The smallest absolute Gasteiger partial charge is 0.256 e. The summed E-state index contributed by atoms with van der Waals surface area (Å²) < 4.78 is 28.2. The summed E-state index contributed by atoms with van der Waals surface area (Å²) in [6, 6.07) is 11.9. The van der Waals surface area contributed by atoms with Crippen LogP contribution >= 0.6 is 0 Å². The van der Waals surface area contributed by atoms with Gasteiger partial charge in [0.25, 0.3) is 5.91 Å². The maximum absolute atomic E-state index is 12.7. The predicted molar refractivity (Wildman–Crippen MR) is 96.9 cm³/mol. The molecule has 0 aliphatic heterocycles. The van der Waals surface area contributed by atoms with E-state index in [1.807, 2.05) is 0 Å². The Morgan fingerprint density at radius 2 is 1.88 bits per heavy atom. The maximum Gasteiger partial charge on any atom is 0.256 e. The van der Waals surface area contributed by atoms with Gasteiger partial charge in [0.1, 0.15) is 5.75 Å². The van der Waals surface area contributed by atoms with E-state index < -0.39 is 21.5 Å². The fraction of sp³-hybridized carbons (Fsp3) is 0.0588. The first-order chi connectivity index (χ1) is 12.3. The van der Waals surface area contributed by atoms with Gasteiger partial charge in [0.2, 0.25) is 15.6 Å². The molecule has 0 saturated carbocycles. The van der Waals surface area contributed by atoms with Gasteiger partial charge in [0.05, 0.1) is 23.3 Å². The molecule has 4 N–H and O–H groups in total. The molecule has 0 spiro atoms. The van der Waals surface area contributed by atoms with Gasteiger partial charge < -0.3 is 15.0 Å². The molecule has 0 atom stereocenters. The van der Waals surface area contributed by atoms with Crippen molar-refractivity contribution in [3.63, 3.8) is 0 Å². The maximum atomic E-state index is 12.7. The molecular formula is C17H15N3O5S. The molecule has 2 aromatic carbocycles. The lowest BCUT2D eigenvalue weighted by Crippen LogP contribution is -2.18. The minimum atomic E-state index is -3.95. The third-order valence-electron chi connectivity index (χ3n) is 3.74. The Balaban J connectivity index is 2.08. The number of rotatable bonds is 4. The van der Waals surface area contributed by atoms with E-state index in [4.69, 9.17) is 9.88 Å². The van der Waals surface area contributed by atoms with Gasteiger partial charge in [-0.1, -0.05) is 18.2 Å². The van der Waals surface area contributed by atoms with Crippen molar-refractivity contribution < 1.29 is 17.9 Å². The van der Waals surface area contributed by atoms with Gasteiger partial charge >= 0.3 is 0 Å². The second-order valence-corrected chi connectivity index (χ2v) is 7.02. The van der Waals surface area contributed by atoms with Crippen molar-refractivity contribution in [2.45, 2.75) is 4.90 Å². The number of nitrogens with one attached hydrogen (secondary N) is 2. The van der Waals surface area contributed by atoms with E-state index in [0.29, 0.717) is 10.9 Å². The Morgan fingerprint density at radius 3 is 2.58 bits per heavy atom. The van der Waals surface area contributed by atoms with Crippen LogP contribution in [0, 0.1) is 0 Å². The second kappa shape index (κ2) is 6.62. The molecule has 0 aliphatic carbocycles. The van der Waals surface area contributed by atoms with Crippen LogP contribution in [0.15, 0.2) is 58.2 Å². The molecule has 1 amide bonds. The first-order valence-corrected chi connectivity index (χ1v) is 8.98. The molecule has 3 aromatic rings. The molecule has 0 unspecified atom stereocenters. The summed E-state index contributed by atoms with van der Waals surface area (Å²) in [4.78, 5) is 27.0. The molecule has 0 aliphatic rings. The highest BCUT2D eigenvalue weighted by Crippen LogP contribution is 2.28. The second-order valence-electron chi connectivity index (χ2n) is 5.45. The van der Waals surface area contributed by atoms with Gasteiger partial charge in [-0.3, -0.25) is 9.59 Å². The van der Waals surface area contributed by atoms with Crippen molar-refractivity contribution >= 4 is 32.5 Å². The molecule has 0 radical (unpaired) electrons. The number of sulfonamides is 1. The molecular weight excluding hydrogens is 358 g/mol. The number of hydrogen-bond donors (Lipinski definition) is 3. The Hall–Kier alpha value is -3.17. The van der Waals surface area contributed by atoms with E-state index in [1.165, 1.54) is 31.4 Å². The highest BCUT2D eigenvalue weighted by atomic mass is 32.2. The number of anilines is 1. The van der Waals surface area contributed by atoms with E-state index in [-0.39, 0.29) is 21.9 Å². The number of ether oxygens (including phenoxy) is 1. The van der Waals surface area contributed by atoms with Crippen molar-refractivity contribution in [3.05, 3.63) is 64.4 Å². The Labute approximate surface area is 148 Å². The number of para-hydroxylation sites is 1. The van der Waals surface area contributed by atoms with Crippen LogP contribution in [0.3, 0.4) is 0 Å². The molecule has 9 heteroatoms.